The Morgan fingerprint density at radius 2 is 1.47 bits per heavy atom. The first-order chi connectivity index (χ1) is 8.27. The van der Waals surface area contributed by atoms with Gasteiger partial charge in [-0.2, -0.15) is 0 Å². The molecule has 1 aliphatic rings. The van der Waals surface area contributed by atoms with Gasteiger partial charge < -0.3 is 4.90 Å². The summed E-state index contributed by atoms with van der Waals surface area (Å²) in [6.45, 7) is 2.13. The Bertz CT molecular complexity index is 368. The number of hydrogen-bond donors (Lipinski definition) is 0. The van der Waals surface area contributed by atoms with E-state index in [0.717, 1.165) is 18.8 Å². The molecule has 0 saturated carbocycles. The minimum absolute atomic E-state index is 0.167. The highest BCUT2D eigenvalue weighted by molar-refractivity contribution is 5.50. The van der Waals surface area contributed by atoms with E-state index < -0.39 is 0 Å². The third kappa shape index (κ3) is 3.19. The summed E-state index contributed by atoms with van der Waals surface area (Å²) in [7, 11) is 0. The third-order valence-electron chi connectivity index (χ3n) is 3.28. The molecular formula is C13H18N2O2. The van der Waals surface area contributed by atoms with Gasteiger partial charge in [-0.25, -0.2) is 0 Å². The largest absolute Gasteiger partial charge is 0.372 e. The highest BCUT2D eigenvalue weighted by atomic mass is 16.6. The summed E-state index contributed by atoms with van der Waals surface area (Å²) in [5.41, 5.74) is 1.28. The van der Waals surface area contributed by atoms with E-state index in [2.05, 4.69) is 4.90 Å². The summed E-state index contributed by atoms with van der Waals surface area (Å²) >= 11 is 0. The topological polar surface area (TPSA) is 46.4 Å². The zero-order valence-electron chi connectivity index (χ0n) is 9.97. The lowest BCUT2D eigenvalue weighted by molar-refractivity contribution is -0.384. The number of nitro benzene ring substituents is 1. The highest BCUT2D eigenvalue weighted by Gasteiger charge is 2.10. The van der Waals surface area contributed by atoms with E-state index in [9.17, 15) is 10.1 Å². The van der Waals surface area contributed by atoms with E-state index >= 15 is 0 Å². The number of anilines is 1. The summed E-state index contributed by atoms with van der Waals surface area (Å²) in [6, 6.07) is 6.90. The van der Waals surface area contributed by atoms with Crippen LogP contribution in [0.1, 0.15) is 32.1 Å². The van der Waals surface area contributed by atoms with Crippen LogP contribution in [-0.2, 0) is 0 Å². The Hall–Kier alpha value is -1.58. The summed E-state index contributed by atoms with van der Waals surface area (Å²) in [4.78, 5) is 12.6. The van der Waals surface area contributed by atoms with Gasteiger partial charge in [0, 0.05) is 30.9 Å². The lowest BCUT2D eigenvalue weighted by atomic mass is 10.1. The van der Waals surface area contributed by atoms with Gasteiger partial charge in [0.15, 0.2) is 0 Å². The van der Waals surface area contributed by atoms with E-state index in [-0.39, 0.29) is 10.6 Å². The molecule has 0 N–H and O–H groups in total. The second-order valence-electron chi connectivity index (χ2n) is 4.53. The van der Waals surface area contributed by atoms with Gasteiger partial charge >= 0.3 is 0 Å². The maximum Gasteiger partial charge on any atom is 0.269 e. The Morgan fingerprint density at radius 1 is 0.941 bits per heavy atom. The molecular weight excluding hydrogens is 216 g/mol. The van der Waals surface area contributed by atoms with Crippen molar-refractivity contribution in [3.63, 3.8) is 0 Å². The van der Waals surface area contributed by atoms with Crippen molar-refractivity contribution in [1.82, 2.24) is 0 Å². The molecule has 0 atom stereocenters. The standard InChI is InChI=1S/C13H18N2O2/c16-15(17)13-8-6-12(7-9-13)14-10-4-2-1-3-5-11-14/h6-9H,1-5,10-11H2. The van der Waals surface area contributed by atoms with E-state index in [4.69, 9.17) is 0 Å². The SMILES string of the molecule is O=[N+]([O-])c1ccc(N2CCCCCCC2)cc1. The smallest absolute Gasteiger partial charge is 0.269 e. The fraction of sp³-hybridized carbons (Fsp3) is 0.538. The molecule has 17 heavy (non-hydrogen) atoms. The summed E-state index contributed by atoms with van der Waals surface area (Å²) in [5, 5.41) is 10.6. The fourth-order valence-corrected chi connectivity index (χ4v) is 2.29. The molecule has 0 radical (unpaired) electrons. The molecule has 1 fully saturated rings. The van der Waals surface area contributed by atoms with Crippen LogP contribution >= 0.6 is 0 Å². The van der Waals surface area contributed by atoms with Crippen LogP contribution in [0.2, 0.25) is 0 Å². The monoisotopic (exact) mass is 234 g/mol. The minimum atomic E-state index is -0.350. The van der Waals surface area contributed by atoms with Crippen molar-refractivity contribution in [3.8, 4) is 0 Å². The molecule has 92 valence electrons. The average molecular weight is 234 g/mol. The van der Waals surface area contributed by atoms with Crippen LogP contribution in [0.15, 0.2) is 24.3 Å². The summed E-state index contributed by atoms with van der Waals surface area (Å²) < 4.78 is 0. The van der Waals surface area contributed by atoms with Gasteiger partial charge in [-0.05, 0) is 25.0 Å². The van der Waals surface area contributed by atoms with Crippen LogP contribution in [0, 0.1) is 10.1 Å². The number of benzene rings is 1. The molecule has 1 aromatic carbocycles. The van der Waals surface area contributed by atoms with E-state index in [1.807, 2.05) is 12.1 Å². The molecule has 4 heteroatoms. The van der Waals surface area contributed by atoms with Crippen molar-refractivity contribution in [2.24, 2.45) is 0 Å². The number of non-ortho nitro benzene ring substituents is 1. The average Bonchev–Trinajstić information content (AvgIpc) is 2.29. The van der Waals surface area contributed by atoms with Crippen molar-refractivity contribution < 1.29 is 4.92 Å². The first kappa shape index (κ1) is 11.9. The second-order valence-corrected chi connectivity index (χ2v) is 4.53. The van der Waals surface area contributed by atoms with Crippen LogP contribution < -0.4 is 4.90 Å². The molecule has 4 nitrogen and oxygen atoms in total. The Kier molecular flexibility index (Phi) is 3.96. The summed E-state index contributed by atoms with van der Waals surface area (Å²) in [5.74, 6) is 0. The summed E-state index contributed by atoms with van der Waals surface area (Å²) in [6.07, 6.45) is 6.37. The van der Waals surface area contributed by atoms with Crippen molar-refractivity contribution >= 4 is 11.4 Å². The maximum absolute atomic E-state index is 10.6. The van der Waals surface area contributed by atoms with Crippen molar-refractivity contribution in [2.75, 3.05) is 18.0 Å². The lowest BCUT2D eigenvalue weighted by Crippen LogP contribution is -2.26. The van der Waals surface area contributed by atoms with Crippen molar-refractivity contribution in [3.05, 3.63) is 34.4 Å². The fourth-order valence-electron chi connectivity index (χ4n) is 2.29. The molecule has 0 spiro atoms. The molecule has 0 unspecified atom stereocenters. The first-order valence-corrected chi connectivity index (χ1v) is 6.27. The van der Waals surface area contributed by atoms with E-state index in [1.165, 1.54) is 32.1 Å². The molecule has 1 heterocycles. The lowest BCUT2D eigenvalue weighted by Gasteiger charge is -2.26. The van der Waals surface area contributed by atoms with Gasteiger partial charge in [0.2, 0.25) is 0 Å². The third-order valence-corrected chi connectivity index (χ3v) is 3.28. The Labute approximate surface area is 101 Å². The Morgan fingerprint density at radius 3 is 2.00 bits per heavy atom. The van der Waals surface area contributed by atoms with Crippen LogP contribution in [0.3, 0.4) is 0 Å². The molecule has 1 aliphatic heterocycles. The highest BCUT2D eigenvalue weighted by Crippen LogP contribution is 2.22. The predicted molar refractivity (Wildman–Crippen MR) is 68.4 cm³/mol. The number of hydrogen-bond acceptors (Lipinski definition) is 3. The zero-order valence-corrected chi connectivity index (χ0v) is 9.97. The second kappa shape index (κ2) is 5.66. The normalized spacial score (nSPS) is 17.3. The van der Waals surface area contributed by atoms with Gasteiger partial charge in [-0.3, -0.25) is 10.1 Å². The van der Waals surface area contributed by atoms with Gasteiger partial charge in [-0.15, -0.1) is 0 Å². The minimum Gasteiger partial charge on any atom is -0.372 e. The predicted octanol–water partition coefficient (Wildman–Crippen LogP) is 3.37. The molecule has 0 amide bonds. The van der Waals surface area contributed by atoms with Crippen LogP contribution in [0.25, 0.3) is 0 Å². The van der Waals surface area contributed by atoms with Crippen LogP contribution in [-0.4, -0.2) is 18.0 Å². The Balaban J connectivity index is 2.06. The number of nitrogens with zero attached hydrogens (tertiary/aromatic N) is 2. The number of rotatable bonds is 2. The molecule has 1 saturated heterocycles. The van der Waals surface area contributed by atoms with Crippen LogP contribution in [0.4, 0.5) is 11.4 Å². The molecule has 2 rings (SSSR count). The molecule has 0 aromatic heterocycles. The van der Waals surface area contributed by atoms with E-state index in [0.29, 0.717) is 0 Å². The molecule has 1 aromatic rings. The zero-order chi connectivity index (χ0) is 12.1. The van der Waals surface area contributed by atoms with Crippen molar-refractivity contribution in [2.45, 2.75) is 32.1 Å². The quantitative estimate of drug-likeness (QED) is 0.582. The van der Waals surface area contributed by atoms with Gasteiger partial charge in [0.05, 0.1) is 4.92 Å². The van der Waals surface area contributed by atoms with Gasteiger partial charge in [0.25, 0.3) is 5.69 Å². The van der Waals surface area contributed by atoms with Crippen molar-refractivity contribution in [1.29, 1.82) is 0 Å². The molecule has 0 bridgehead atoms. The number of nitro groups is 1. The van der Waals surface area contributed by atoms with Crippen LogP contribution in [0.5, 0.6) is 0 Å². The van der Waals surface area contributed by atoms with E-state index in [1.54, 1.807) is 12.1 Å². The van der Waals surface area contributed by atoms with Gasteiger partial charge in [-0.1, -0.05) is 19.3 Å². The molecule has 0 aliphatic carbocycles. The first-order valence-electron chi connectivity index (χ1n) is 6.27. The maximum atomic E-state index is 10.6. The van der Waals surface area contributed by atoms with Gasteiger partial charge in [0.1, 0.15) is 0 Å².